The molecule has 0 saturated heterocycles. The summed E-state index contributed by atoms with van der Waals surface area (Å²) in [5.74, 6) is -1.64. The third kappa shape index (κ3) is 3.92. The molecular weight excluding hydrogens is 311 g/mol. The molecule has 0 unspecified atom stereocenters. The Labute approximate surface area is 130 Å². The molecule has 124 valence electrons. The molecule has 2 rings (SSSR count). The van der Waals surface area contributed by atoms with Crippen LogP contribution in [0.2, 0.25) is 0 Å². The van der Waals surface area contributed by atoms with E-state index in [-0.39, 0.29) is 6.54 Å². The Kier molecular flexibility index (Phi) is 4.79. The summed E-state index contributed by atoms with van der Waals surface area (Å²) in [6.45, 7) is 1.97. The fraction of sp³-hybridized carbons (Fsp3) is 0.312. The fourth-order valence-electron chi connectivity index (χ4n) is 2.04. The normalized spacial score (nSPS) is 14.3. The van der Waals surface area contributed by atoms with E-state index in [4.69, 9.17) is 0 Å². The molecule has 2 N–H and O–H groups in total. The minimum Gasteiger partial charge on any atom is -0.466 e. The SMILES string of the molecule is Cc1ccc(CNC(=O)C[C@](O)(c2ccco2)C(F)(F)F)cc1. The maximum Gasteiger partial charge on any atom is 0.425 e. The van der Waals surface area contributed by atoms with Crippen LogP contribution in [0, 0.1) is 6.92 Å². The number of carbonyl (C=O) groups is 1. The second-order valence-corrected chi connectivity index (χ2v) is 5.27. The zero-order chi connectivity index (χ0) is 17.1. The summed E-state index contributed by atoms with van der Waals surface area (Å²) in [6.07, 6.45) is -5.20. The average Bonchev–Trinajstić information content (AvgIpc) is 3.00. The van der Waals surface area contributed by atoms with Gasteiger partial charge in [0.05, 0.1) is 12.7 Å². The summed E-state index contributed by atoms with van der Waals surface area (Å²) in [4.78, 5) is 11.8. The van der Waals surface area contributed by atoms with Gasteiger partial charge in [-0.25, -0.2) is 0 Å². The van der Waals surface area contributed by atoms with Crippen molar-refractivity contribution in [2.75, 3.05) is 0 Å². The lowest BCUT2D eigenvalue weighted by Crippen LogP contribution is -2.45. The van der Waals surface area contributed by atoms with Crippen LogP contribution in [-0.2, 0) is 16.9 Å². The van der Waals surface area contributed by atoms with E-state index < -0.39 is 29.9 Å². The Bertz CT molecular complexity index is 650. The molecule has 7 heteroatoms. The molecule has 0 aliphatic heterocycles. The van der Waals surface area contributed by atoms with Gasteiger partial charge in [-0.05, 0) is 24.6 Å². The van der Waals surface area contributed by atoms with E-state index in [0.717, 1.165) is 23.5 Å². The molecule has 1 amide bonds. The van der Waals surface area contributed by atoms with Gasteiger partial charge in [0.15, 0.2) is 0 Å². The Morgan fingerprint density at radius 1 is 1.22 bits per heavy atom. The van der Waals surface area contributed by atoms with Crippen molar-refractivity contribution in [3.8, 4) is 0 Å². The minimum absolute atomic E-state index is 0.0746. The van der Waals surface area contributed by atoms with E-state index >= 15 is 0 Å². The number of furan rings is 1. The van der Waals surface area contributed by atoms with E-state index in [1.54, 1.807) is 12.1 Å². The van der Waals surface area contributed by atoms with Gasteiger partial charge in [-0.2, -0.15) is 13.2 Å². The first-order chi connectivity index (χ1) is 10.7. The molecule has 1 heterocycles. The highest BCUT2D eigenvalue weighted by Crippen LogP contribution is 2.41. The van der Waals surface area contributed by atoms with Crippen molar-refractivity contribution in [3.63, 3.8) is 0 Å². The van der Waals surface area contributed by atoms with Crippen LogP contribution in [0.5, 0.6) is 0 Å². The van der Waals surface area contributed by atoms with Gasteiger partial charge < -0.3 is 14.8 Å². The van der Waals surface area contributed by atoms with Gasteiger partial charge in [0.25, 0.3) is 0 Å². The van der Waals surface area contributed by atoms with Crippen molar-refractivity contribution in [3.05, 3.63) is 59.5 Å². The van der Waals surface area contributed by atoms with E-state index in [2.05, 4.69) is 9.73 Å². The molecule has 4 nitrogen and oxygen atoms in total. The number of aryl methyl sites for hydroxylation is 1. The first-order valence-corrected chi connectivity index (χ1v) is 6.88. The molecule has 0 spiro atoms. The predicted molar refractivity (Wildman–Crippen MR) is 76.3 cm³/mol. The van der Waals surface area contributed by atoms with Gasteiger partial charge in [-0.15, -0.1) is 0 Å². The second-order valence-electron chi connectivity index (χ2n) is 5.27. The van der Waals surface area contributed by atoms with Crippen molar-refractivity contribution in [1.82, 2.24) is 5.32 Å². The van der Waals surface area contributed by atoms with E-state index in [1.807, 2.05) is 19.1 Å². The molecule has 23 heavy (non-hydrogen) atoms. The van der Waals surface area contributed by atoms with Gasteiger partial charge in [0, 0.05) is 6.54 Å². The van der Waals surface area contributed by atoms with Crippen LogP contribution in [0.3, 0.4) is 0 Å². The lowest BCUT2D eigenvalue weighted by atomic mass is 9.95. The smallest absolute Gasteiger partial charge is 0.425 e. The average molecular weight is 327 g/mol. The van der Waals surface area contributed by atoms with Crippen molar-refractivity contribution in [2.24, 2.45) is 0 Å². The number of alkyl halides is 3. The molecular formula is C16H16F3NO3. The highest BCUT2D eigenvalue weighted by Gasteiger charge is 2.58. The van der Waals surface area contributed by atoms with Crippen LogP contribution in [0.4, 0.5) is 13.2 Å². The van der Waals surface area contributed by atoms with E-state index in [9.17, 15) is 23.1 Å². The fourth-order valence-corrected chi connectivity index (χ4v) is 2.04. The number of amides is 1. The Morgan fingerprint density at radius 3 is 2.39 bits per heavy atom. The number of nitrogens with one attached hydrogen (secondary N) is 1. The Morgan fingerprint density at radius 2 is 1.87 bits per heavy atom. The van der Waals surface area contributed by atoms with Crippen LogP contribution in [0.25, 0.3) is 0 Å². The maximum absolute atomic E-state index is 13.1. The first kappa shape index (κ1) is 17.1. The molecule has 2 aromatic rings. The first-order valence-electron chi connectivity index (χ1n) is 6.88. The molecule has 1 atom stereocenters. The topological polar surface area (TPSA) is 62.5 Å². The number of benzene rings is 1. The van der Waals surface area contributed by atoms with E-state index in [1.165, 1.54) is 6.07 Å². The van der Waals surface area contributed by atoms with Gasteiger partial charge >= 0.3 is 6.18 Å². The van der Waals surface area contributed by atoms with Crippen molar-refractivity contribution in [1.29, 1.82) is 0 Å². The van der Waals surface area contributed by atoms with Crippen molar-refractivity contribution >= 4 is 5.91 Å². The summed E-state index contributed by atoms with van der Waals surface area (Å²) in [7, 11) is 0. The number of hydrogen-bond donors (Lipinski definition) is 2. The summed E-state index contributed by atoms with van der Waals surface area (Å²) in [5.41, 5.74) is -1.57. The number of hydrogen-bond acceptors (Lipinski definition) is 3. The van der Waals surface area contributed by atoms with Gasteiger partial charge in [-0.1, -0.05) is 29.8 Å². The summed E-state index contributed by atoms with van der Waals surface area (Å²) < 4.78 is 44.1. The van der Waals surface area contributed by atoms with Crippen LogP contribution in [0.15, 0.2) is 47.1 Å². The molecule has 1 aromatic carbocycles. The van der Waals surface area contributed by atoms with Gasteiger partial charge in [-0.3, -0.25) is 4.79 Å². The standard InChI is InChI=1S/C16H16F3NO3/c1-11-4-6-12(7-5-11)10-20-14(21)9-15(22,16(17,18)19)13-3-2-8-23-13/h2-8,22H,9-10H2,1H3,(H,20,21)/t15-/m0/s1. The number of aliphatic hydroxyl groups is 1. The quantitative estimate of drug-likeness (QED) is 0.887. The molecule has 1 aromatic heterocycles. The highest BCUT2D eigenvalue weighted by atomic mass is 19.4. The van der Waals surface area contributed by atoms with Crippen molar-refractivity contribution in [2.45, 2.75) is 31.7 Å². The molecule has 0 bridgehead atoms. The minimum atomic E-state index is -5.04. The van der Waals surface area contributed by atoms with Gasteiger partial charge in [0.2, 0.25) is 11.5 Å². The highest BCUT2D eigenvalue weighted by molar-refractivity contribution is 5.77. The van der Waals surface area contributed by atoms with Crippen LogP contribution in [-0.4, -0.2) is 17.2 Å². The summed E-state index contributed by atoms with van der Waals surface area (Å²) in [6, 6.07) is 9.39. The molecule has 0 fully saturated rings. The van der Waals surface area contributed by atoms with E-state index in [0.29, 0.717) is 0 Å². The molecule has 0 radical (unpaired) electrons. The van der Waals surface area contributed by atoms with Crippen LogP contribution >= 0.6 is 0 Å². The number of rotatable bonds is 5. The maximum atomic E-state index is 13.1. The lowest BCUT2D eigenvalue weighted by Gasteiger charge is -2.27. The van der Waals surface area contributed by atoms with Gasteiger partial charge in [0.1, 0.15) is 5.76 Å². The predicted octanol–water partition coefficient (Wildman–Crippen LogP) is 3.04. The largest absolute Gasteiger partial charge is 0.466 e. The third-order valence-electron chi connectivity index (χ3n) is 3.42. The second kappa shape index (κ2) is 6.45. The summed E-state index contributed by atoms with van der Waals surface area (Å²) >= 11 is 0. The van der Waals surface area contributed by atoms with Crippen LogP contribution in [0.1, 0.15) is 23.3 Å². The summed E-state index contributed by atoms with van der Waals surface area (Å²) in [5, 5.41) is 12.3. The third-order valence-corrected chi connectivity index (χ3v) is 3.42. The lowest BCUT2D eigenvalue weighted by molar-refractivity contribution is -0.273. The van der Waals surface area contributed by atoms with Crippen LogP contribution < -0.4 is 5.32 Å². The monoisotopic (exact) mass is 327 g/mol. The molecule has 0 saturated carbocycles. The zero-order valence-electron chi connectivity index (χ0n) is 12.4. The number of carbonyl (C=O) groups excluding carboxylic acids is 1. The Hall–Kier alpha value is -2.28. The number of halogens is 3. The molecule has 0 aliphatic rings. The Balaban J connectivity index is 2.05. The molecule has 0 aliphatic carbocycles. The van der Waals surface area contributed by atoms with Crippen molar-refractivity contribution < 1.29 is 27.5 Å². The zero-order valence-corrected chi connectivity index (χ0v) is 12.4.